The van der Waals surface area contributed by atoms with Crippen molar-refractivity contribution in [2.75, 3.05) is 0 Å². The molecule has 10 nitrogen and oxygen atoms in total. The number of hydrogen-bond acceptors (Lipinski definition) is 6. The Morgan fingerprint density at radius 1 is 1.07 bits per heavy atom. The Labute approximate surface area is 170 Å². The summed E-state index contributed by atoms with van der Waals surface area (Å²) in [5.74, 6) is -0.125. The van der Waals surface area contributed by atoms with Crippen LogP contribution in [0, 0.1) is 0 Å². The first-order chi connectivity index (χ1) is 14.4. The second-order valence-electron chi connectivity index (χ2n) is 7.24. The highest BCUT2D eigenvalue weighted by atomic mass is 16.3. The van der Waals surface area contributed by atoms with Crippen LogP contribution in [0.4, 0.5) is 0 Å². The highest BCUT2D eigenvalue weighted by molar-refractivity contribution is 5.75. The third-order valence-corrected chi connectivity index (χ3v) is 5.29. The van der Waals surface area contributed by atoms with Crippen LogP contribution in [-0.4, -0.2) is 33.2 Å². The van der Waals surface area contributed by atoms with E-state index in [9.17, 15) is 19.5 Å². The predicted molar refractivity (Wildman–Crippen MR) is 111 cm³/mol. The quantitative estimate of drug-likeness (QED) is 0.513. The Balaban J connectivity index is 2.18. The van der Waals surface area contributed by atoms with Crippen molar-refractivity contribution in [3.05, 3.63) is 66.8 Å². The van der Waals surface area contributed by atoms with Gasteiger partial charge >= 0.3 is 5.69 Å². The minimum atomic E-state index is -0.616. The van der Waals surface area contributed by atoms with Crippen LogP contribution >= 0.6 is 0 Å². The first-order valence-corrected chi connectivity index (χ1v) is 9.69. The molecule has 0 aliphatic carbocycles. The van der Waals surface area contributed by atoms with Crippen molar-refractivity contribution in [3.8, 4) is 5.88 Å². The fraction of sp³-hybridized carbons (Fsp3) is 0.350. The van der Waals surface area contributed by atoms with E-state index in [2.05, 4.69) is 9.97 Å². The van der Waals surface area contributed by atoms with E-state index < -0.39 is 16.8 Å². The van der Waals surface area contributed by atoms with Crippen molar-refractivity contribution in [2.45, 2.75) is 32.7 Å². The lowest BCUT2D eigenvalue weighted by Gasteiger charge is -2.14. The third-order valence-electron chi connectivity index (χ3n) is 5.29. The Bertz CT molecular complexity index is 1440. The molecule has 4 heterocycles. The number of aromatic nitrogens is 6. The van der Waals surface area contributed by atoms with Crippen LogP contribution in [0.5, 0.6) is 5.88 Å². The molecule has 4 aromatic heterocycles. The zero-order valence-electron chi connectivity index (χ0n) is 17.0. The molecule has 4 aromatic rings. The van der Waals surface area contributed by atoms with Crippen LogP contribution in [0.15, 0.2) is 38.8 Å². The Morgan fingerprint density at radius 3 is 2.50 bits per heavy atom. The van der Waals surface area contributed by atoms with Gasteiger partial charge < -0.3 is 5.11 Å². The van der Waals surface area contributed by atoms with Crippen LogP contribution in [0.2, 0.25) is 0 Å². The van der Waals surface area contributed by atoms with E-state index in [0.717, 1.165) is 11.0 Å². The molecule has 1 N–H and O–H groups in total. The molecule has 0 aliphatic rings. The van der Waals surface area contributed by atoms with E-state index in [1.54, 1.807) is 18.3 Å². The van der Waals surface area contributed by atoms with Gasteiger partial charge in [0.2, 0.25) is 11.7 Å². The van der Waals surface area contributed by atoms with Crippen molar-refractivity contribution in [2.24, 2.45) is 14.1 Å². The largest absolute Gasteiger partial charge is 0.494 e. The van der Waals surface area contributed by atoms with Gasteiger partial charge in [0.25, 0.3) is 11.1 Å². The molecule has 0 fully saturated rings. The third kappa shape index (κ3) is 2.83. The zero-order chi connectivity index (χ0) is 21.6. The average Bonchev–Trinajstić information content (AvgIpc) is 3.15. The van der Waals surface area contributed by atoms with Crippen molar-refractivity contribution >= 4 is 16.9 Å². The first kappa shape index (κ1) is 19.6. The summed E-state index contributed by atoms with van der Waals surface area (Å²) in [7, 11) is 2.84. The molecule has 156 valence electrons. The summed E-state index contributed by atoms with van der Waals surface area (Å²) in [4.78, 5) is 47.2. The van der Waals surface area contributed by atoms with Gasteiger partial charge in [0.15, 0.2) is 11.2 Å². The van der Waals surface area contributed by atoms with Crippen LogP contribution in [0.3, 0.4) is 0 Å². The van der Waals surface area contributed by atoms with E-state index in [1.165, 1.54) is 27.6 Å². The molecule has 30 heavy (non-hydrogen) atoms. The van der Waals surface area contributed by atoms with Crippen molar-refractivity contribution in [1.82, 2.24) is 28.1 Å². The summed E-state index contributed by atoms with van der Waals surface area (Å²) in [6.07, 6.45) is 3.51. The molecular formula is C20H22N6O4. The number of hydrogen-bond donors (Lipinski definition) is 1. The van der Waals surface area contributed by atoms with E-state index in [1.807, 2.05) is 13.0 Å². The number of nitrogens with zero attached hydrogens (tertiary/aromatic N) is 6. The Kier molecular flexibility index (Phi) is 4.76. The number of imidazole rings is 1. The van der Waals surface area contributed by atoms with Crippen LogP contribution in [0.25, 0.3) is 16.9 Å². The number of aromatic hydroxyl groups is 1. The lowest BCUT2D eigenvalue weighted by Crippen LogP contribution is -2.38. The summed E-state index contributed by atoms with van der Waals surface area (Å²) in [6, 6.07) is 5.39. The van der Waals surface area contributed by atoms with Gasteiger partial charge in [-0.3, -0.25) is 28.3 Å². The summed E-state index contributed by atoms with van der Waals surface area (Å²) in [5.41, 5.74) is -0.728. The van der Waals surface area contributed by atoms with Gasteiger partial charge in [-0.05, 0) is 25.0 Å². The van der Waals surface area contributed by atoms with E-state index >= 15 is 0 Å². The van der Waals surface area contributed by atoms with Crippen molar-refractivity contribution in [1.29, 1.82) is 0 Å². The topological polar surface area (TPSA) is 116 Å². The van der Waals surface area contributed by atoms with Gasteiger partial charge in [0.1, 0.15) is 0 Å². The second kappa shape index (κ2) is 7.29. The molecule has 0 atom stereocenters. The lowest BCUT2D eigenvalue weighted by atomic mass is 10.1. The highest BCUT2D eigenvalue weighted by Gasteiger charge is 2.24. The van der Waals surface area contributed by atoms with Gasteiger partial charge in [-0.25, -0.2) is 9.20 Å². The summed E-state index contributed by atoms with van der Waals surface area (Å²) in [5, 5.41) is 11.0. The van der Waals surface area contributed by atoms with E-state index in [-0.39, 0.29) is 34.9 Å². The van der Waals surface area contributed by atoms with E-state index in [4.69, 9.17) is 0 Å². The van der Waals surface area contributed by atoms with Gasteiger partial charge in [0, 0.05) is 20.3 Å². The van der Waals surface area contributed by atoms with E-state index in [0.29, 0.717) is 18.5 Å². The molecule has 0 amide bonds. The number of fused-ring (bicyclic) bond motifs is 3. The maximum atomic E-state index is 13.3. The van der Waals surface area contributed by atoms with Crippen LogP contribution < -0.4 is 16.8 Å². The fourth-order valence-corrected chi connectivity index (χ4v) is 3.62. The molecule has 0 radical (unpaired) electrons. The monoisotopic (exact) mass is 410 g/mol. The molecule has 0 saturated heterocycles. The Morgan fingerprint density at radius 2 is 1.83 bits per heavy atom. The maximum absolute atomic E-state index is 13.3. The average molecular weight is 410 g/mol. The normalized spacial score (nSPS) is 11.6. The molecule has 0 saturated carbocycles. The molecule has 10 heteroatoms. The summed E-state index contributed by atoms with van der Waals surface area (Å²) in [6.45, 7) is 2.13. The number of aryl methyl sites for hydroxylation is 1. The SMILES string of the molecule is CCCCc1c(O)n(Cc2ccccn2)c2nc3c(c(=O)n(C)c(=O)n3C)n2c1=O. The fourth-order valence-electron chi connectivity index (χ4n) is 3.62. The molecule has 0 bridgehead atoms. The van der Waals surface area contributed by atoms with Gasteiger partial charge in [-0.15, -0.1) is 0 Å². The lowest BCUT2D eigenvalue weighted by molar-refractivity contribution is 0.409. The minimum Gasteiger partial charge on any atom is -0.494 e. The molecular weight excluding hydrogens is 388 g/mol. The molecule has 0 aliphatic heterocycles. The second-order valence-corrected chi connectivity index (χ2v) is 7.24. The van der Waals surface area contributed by atoms with Crippen LogP contribution in [-0.2, 0) is 27.1 Å². The summed E-state index contributed by atoms with van der Waals surface area (Å²) < 4.78 is 4.82. The van der Waals surface area contributed by atoms with Gasteiger partial charge in [-0.2, -0.15) is 4.98 Å². The molecule has 4 rings (SSSR count). The highest BCUT2D eigenvalue weighted by Crippen LogP contribution is 2.22. The maximum Gasteiger partial charge on any atom is 0.332 e. The molecule has 0 unspecified atom stereocenters. The Hall–Kier alpha value is -3.69. The van der Waals surface area contributed by atoms with Crippen LogP contribution in [0.1, 0.15) is 31.0 Å². The summed E-state index contributed by atoms with van der Waals surface area (Å²) >= 11 is 0. The zero-order valence-corrected chi connectivity index (χ0v) is 17.0. The smallest absolute Gasteiger partial charge is 0.332 e. The standard InChI is InChI=1S/C20H22N6O4/c1-4-5-9-13-16(27)25(11-12-8-6-7-10-21-12)19-22-15-14(26(19)17(13)28)18(29)24(3)20(30)23(15)2/h6-8,10,27H,4-5,9,11H2,1-3H3. The van der Waals surface area contributed by atoms with Gasteiger partial charge in [-0.1, -0.05) is 19.4 Å². The number of pyridine rings is 1. The first-order valence-electron chi connectivity index (χ1n) is 9.69. The van der Waals surface area contributed by atoms with Crippen molar-refractivity contribution < 1.29 is 5.11 Å². The number of rotatable bonds is 5. The molecule has 0 aromatic carbocycles. The number of unbranched alkanes of at least 4 members (excludes halogenated alkanes) is 1. The van der Waals surface area contributed by atoms with Crippen molar-refractivity contribution in [3.63, 3.8) is 0 Å². The minimum absolute atomic E-state index is 0.00659. The molecule has 0 spiro atoms. The van der Waals surface area contributed by atoms with Gasteiger partial charge in [0.05, 0.1) is 17.8 Å². The predicted octanol–water partition coefficient (Wildman–Crippen LogP) is 0.538.